The van der Waals surface area contributed by atoms with Crippen molar-refractivity contribution in [1.29, 1.82) is 0 Å². The van der Waals surface area contributed by atoms with Crippen molar-refractivity contribution in [3.8, 4) is 17.2 Å². The molecule has 24 heavy (non-hydrogen) atoms. The number of rotatable bonds is 9. The number of carbonyl (C=O) groups is 1. The fourth-order valence-electron chi connectivity index (χ4n) is 2.12. The van der Waals surface area contributed by atoms with Crippen LogP contribution in [0.5, 0.6) is 17.2 Å². The number of ether oxygens (including phenoxy) is 3. The Hall–Kier alpha value is -2.16. The van der Waals surface area contributed by atoms with Crippen molar-refractivity contribution < 1.29 is 27.4 Å². The minimum absolute atomic E-state index is 0.0865. The maximum atomic E-state index is 12.1. The minimum Gasteiger partial charge on any atom is -0.493 e. The first-order chi connectivity index (χ1) is 11.3. The molecule has 1 aromatic rings. The van der Waals surface area contributed by atoms with Gasteiger partial charge in [0.15, 0.2) is 11.5 Å². The lowest BCUT2D eigenvalue weighted by atomic mass is 10.2. The van der Waals surface area contributed by atoms with Gasteiger partial charge < -0.3 is 19.5 Å². The summed E-state index contributed by atoms with van der Waals surface area (Å²) in [6.45, 7) is 2.00. The van der Waals surface area contributed by atoms with Gasteiger partial charge in [0, 0.05) is 25.1 Å². The lowest BCUT2D eigenvalue weighted by Gasteiger charge is -2.24. The van der Waals surface area contributed by atoms with Gasteiger partial charge >= 0.3 is 0 Å². The monoisotopic (exact) mass is 360 g/mol. The van der Waals surface area contributed by atoms with E-state index < -0.39 is 10.0 Å². The zero-order valence-electron chi connectivity index (χ0n) is 14.6. The highest BCUT2D eigenvalue weighted by atomic mass is 32.2. The van der Waals surface area contributed by atoms with Crippen LogP contribution in [-0.4, -0.2) is 55.0 Å². The van der Waals surface area contributed by atoms with Gasteiger partial charge in [-0.15, -0.1) is 0 Å². The van der Waals surface area contributed by atoms with Crippen molar-refractivity contribution in [3.63, 3.8) is 0 Å². The van der Waals surface area contributed by atoms with Crippen LogP contribution in [0.15, 0.2) is 12.1 Å². The Labute approximate surface area is 142 Å². The van der Waals surface area contributed by atoms with E-state index in [1.165, 1.54) is 25.6 Å². The molecule has 0 aliphatic rings. The molecule has 1 N–H and O–H groups in total. The molecule has 0 heterocycles. The summed E-state index contributed by atoms with van der Waals surface area (Å²) in [5.41, 5.74) is 0.359. The van der Waals surface area contributed by atoms with Gasteiger partial charge in [-0.2, -0.15) is 0 Å². The molecule has 0 aromatic heterocycles. The van der Waals surface area contributed by atoms with Crippen molar-refractivity contribution in [2.45, 2.75) is 13.3 Å². The van der Waals surface area contributed by atoms with Crippen molar-refractivity contribution in [2.75, 3.05) is 45.0 Å². The molecule has 1 amide bonds. The normalized spacial score (nSPS) is 10.9. The van der Waals surface area contributed by atoms with E-state index in [-0.39, 0.29) is 19.0 Å². The number of benzene rings is 1. The second kappa shape index (κ2) is 8.62. The number of methoxy groups -OCH3 is 3. The molecule has 1 aromatic carbocycles. The molecule has 8 nitrogen and oxygen atoms in total. The molecule has 1 rings (SSSR count). The lowest BCUT2D eigenvalue weighted by Crippen LogP contribution is -2.38. The zero-order valence-corrected chi connectivity index (χ0v) is 15.4. The quantitative estimate of drug-likeness (QED) is 0.706. The van der Waals surface area contributed by atoms with Crippen LogP contribution in [0.3, 0.4) is 0 Å². The van der Waals surface area contributed by atoms with Crippen LogP contribution in [0.25, 0.3) is 0 Å². The van der Waals surface area contributed by atoms with Gasteiger partial charge in [-0.3, -0.25) is 9.10 Å². The maximum absolute atomic E-state index is 12.1. The van der Waals surface area contributed by atoms with Crippen LogP contribution in [0.2, 0.25) is 0 Å². The highest BCUT2D eigenvalue weighted by Gasteiger charge is 2.22. The number of nitrogens with one attached hydrogen (secondary N) is 1. The van der Waals surface area contributed by atoms with Crippen LogP contribution in [0.4, 0.5) is 5.69 Å². The molecule has 136 valence electrons. The van der Waals surface area contributed by atoms with Gasteiger partial charge in [0.1, 0.15) is 0 Å². The Morgan fingerprint density at radius 1 is 1.12 bits per heavy atom. The van der Waals surface area contributed by atoms with E-state index in [1.807, 2.05) is 0 Å². The predicted octanol–water partition coefficient (Wildman–Crippen LogP) is 1.00. The van der Waals surface area contributed by atoms with Crippen molar-refractivity contribution in [3.05, 3.63) is 12.1 Å². The third-order valence-electron chi connectivity index (χ3n) is 3.30. The van der Waals surface area contributed by atoms with Gasteiger partial charge in [-0.05, 0) is 0 Å². The number of carbonyl (C=O) groups excluding carboxylic acids is 1. The van der Waals surface area contributed by atoms with E-state index in [9.17, 15) is 13.2 Å². The van der Waals surface area contributed by atoms with E-state index in [0.717, 1.165) is 6.26 Å². The topological polar surface area (TPSA) is 94.2 Å². The summed E-state index contributed by atoms with van der Waals surface area (Å²) in [5.74, 6) is 0.918. The zero-order chi connectivity index (χ0) is 18.3. The largest absolute Gasteiger partial charge is 0.493 e. The van der Waals surface area contributed by atoms with Gasteiger partial charge in [-0.25, -0.2) is 8.42 Å². The molecule has 0 radical (unpaired) electrons. The second-order valence-electron chi connectivity index (χ2n) is 4.92. The third kappa shape index (κ3) is 4.92. The number of nitrogens with zero attached hydrogens (tertiary/aromatic N) is 1. The lowest BCUT2D eigenvalue weighted by molar-refractivity contribution is -0.120. The summed E-state index contributed by atoms with van der Waals surface area (Å²) in [6, 6.07) is 3.09. The number of anilines is 1. The third-order valence-corrected chi connectivity index (χ3v) is 4.49. The van der Waals surface area contributed by atoms with Crippen molar-refractivity contribution in [1.82, 2.24) is 5.32 Å². The fourth-order valence-corrected chi connectivity index (χ4v) is 3.03. The molecular weight excluding hydrogens is 336 g/mol. The molecule has 0 saturated carbocycles. The first kappa shape index (κ1) is 19.9. The summed E-state index contributed by atoms with van der Waals surface area (Å²) < 4.78 is 41.2. The number of amides is 1. The smallest absolute Gasteiger partial charge is 0.232 e. The molecular formula is C15H24N2O6S. The minimum atomic E-state index is -3.56. The molecule has 0 aliphatic heterocycles. The average Bonchev–Trinajstić information content (AvgIpc) is 2.55. The van der Waals surface area contributed by atoms with E-state index in [4.69, 9.17) is 14.2 Å². The summed E-state index contributed by atoms with van der Waals surface area (Å²) in [7, 11) is 0.808. The van der Waals surface area contributed by atoms with Crippen LogP contribution in [-0.2, 0) is 14.8 Å². The van der Waals surface area contributed by atoms with Gasteiger partial charge in [0.25, 0.3) is 0 Å². The molecule has 0 fully saturated rings. The number of hydrogen-bond acceptors (Lipinski definition) is 6. The predicted molar refractivity (Wildman–Crippen MR) is 91.6 cm³/mol. The Kier molecular flexibility index (Phi) is 7.15. The summed E-state index contributed by atoms with van der Waals surface area (Å²) >= 11 is 0. The van der Waals surface area contributed by atoms with Crippen LogP contribution < -0.4 is 23.8 Å². The molecule has 0 atom stereocenters. The highest BCUT2D eigenvalue weighted by molar-refractivity contribution is 7.92. The van der Waals surface area contributed by atoms with Gasteiger partial charge in [-0.1, -0.05) is 6.92 Å². The molecule has 0 unspecified atom stereocenters. The van der Waals surface area contributed by atoms with Crippen molar-refractivity contribution in [2.24, 2.45) is 0 Å². The molecule has 9 heteroatoms. The average molecular weight is 360 g/mol. The van der Waals surface area contributed by atoms with E-state index in [0.29, 0.717) is 29.4 Å². The summed E-state index contributed by atoms with van der Waals surface area (Å²) in [6.07, 6.45) is 1.43. The fraction of sp³-hybridized carbons (Fsp3) is 0.533. The number of hydrogen-bond donors (Lipinski definition) is 1. The highest BCUT2D eigenvalue weighted by Crippen LogP contribution is 2.41. The van der Waals surface area contributed by atoms with Crippen LogP contribution in [0, 0.1) is 0 Å². The standard InChI is InChI=1S/C15H24N2O6S/c1-6-14(18)16-7-8-17(24(5,19)20)11-9-12(21-2)15(23-4)13(10-11)22-3/h9-10H,6-8H2,1-5H3,(H,16,18). The molecule has 0 aliphatic carbocycles. The van der Waals surface area contributed by atoms with Gasteiger partial charge in [0.2, 0.25) is 21.7 Å². The molecule has 0 saturated heterocycles. The van der Waals surface area contributed by atoms with E-state index >= 15 is 0 Å². The van der Waals surface area contributed by atoms with Crippen molar-refractivity contribution >= 4 is 21.6 Å². The Morgan fingerprint density at radius 3 is 2.04 bits per heavy atom. The second-order valence-corrected chi connectivity index (χ2v) is 6.83. The first-order valence-corrected chi connectivity index (χ1v) is 9.17. The van der Waals surface area contributed by atoms with Crippen LogP contribution in [0.1, 0.15) is 13.3 Å². The Bertz CT molecular complexity index is 650. The first-order valence-electron chi connectivity index (χ1n) is 7.32. The maximum Gasteiger partial charge on any atom is 0.232 e. The van der Waals surface area contributed by atoms with Crippen LogP contribution >= 0.6 is 0 Å². The Morgan fingerprint density at radius 2 is 1.67 bits per heavy atom. The molecule has 0 bridgehead atoms. The molecule has 0 spiro atoms. The summed E-state index contributed by atoms with van der Waals surface area (Å²) in [4.78, 5) is 11.3. The van der Waals surface area contributed by atoms with E-state index in [2.05, 4.69) is 5.32 Å². The van der Waals surface area contributed by atoms with Gasteiger partial charge in [0.05, 0.1) is 39.8 Å². The van der Waals surface area contributed by atoms with E-state index in [1.54, 1.807) is 19.1 Å². The summed E-state index contributed by atoms with van der Waals surface area (Å²) in [5, 5.41) is 2.65. The number of sulfonamides is 1. The SMILES string of the molecule is CCC(=O)NCCN(c1cc(OC)c(OC)c(OC)c1)S(C)(=O)=O. The Balaban J connectivity index is 3.21.